The molecule has 2 aromatic rings. The molecule has 0 saturated heterocycles. The van der Waals surface area contributed by atoms with Crippen LogP contribution in [0.15, 0.2) is 59.6 Å². The van der Waals surface area contributed by atoms with Crippen molar-refractivity contribution >= 4 is 22.7 Å². The van der Waals surface area contributed by atoms with E-state index in [2.05, 4.69) is 4.99 Å². The summed E-state index contributed by atoms with van der Waals surface area (Å²) in [5.74, 6) is 0.761. The zero-order valence-electron chi connectivity index (χ0n) is 12.1. The predicted molar refractivity (Wildman–Crippen MR) is 89.5 cm³/mol. The van der Waals surface area contributed by atoms with Crippen molar-refractivity contribution in [3.05, 3.63) is 65.7 Å². The summed E-state index contributed by atoms with van der Waals surface area (Å²) in [4.78, 5) is 17.2. The Balaban J connectivity index is 1.87. The minimum Gasteiger partial charge on any atom is -0.497 e. The number of thioether (sulfide) groups is 1. The van der Waals surface area contributed by atoms with Gasteiger partial charge in [0.1, 0.15) is 11.0 Å². The highest BCUT2D eigenvalue weighted by molar-refractivity contribution is 8.15. The van der Waals surface area contributed by atoms with Crippen LogP contribution in [0.25, 0.3) is 0 Å². The van der Waals surface area contributed by atoms with Gasteiger partial charge in [0, 0.05) is 5.56 Å². The Morgan fingerprint density at radius 2 is 1.82 bits per heavy atom. The van der Waals surface area contributed by atoms with Crippen LogP contribution in [0.1, 0.15) is 22.0 Å². The van der Waals surface area contributed by atoms with Crippen molar-refractivity contribution in [2.75, 3.05) is 7.11 Å². The molecule has 3 rings (SSSR count). The second-order valence-corrected chi connectivity index (χ2v) is 6.12. The predicted octanol–water partition coefficient (Wildman–Crippen LogP) is 3.05. The number of nitrogens with zero attached hydrogens (tertiary/aromatic N) is 1. The van der Waals surface area contributed by atoms with Gasteiger partial charge in [-0.3, -0.25) is 9.79 Å². The molecule has 2 N–H and O–H groups in total. The van der Waals surface area contributed by atoms with E-state index in [-0.39, 0.29) is 17.1 Å². The number of carbonyl (C=O) groups excluding carboxylic acids is 1. The average Bonchev–Trinajstić information content (AvgIpc) is 2.97. The second kappa shape index (κ2) is 6.23. The van der Waals surface area contributed by atoms with Gasteiger partial charge in [-0.05, 0) is 29.8 Å². The third-order valence-electron chi connectivity index (χ3n) is 3.57. The molecule has 2 atom stereocenters. The minimum atomic E-state index is -0.323. The highest BCUT2D eigenvalue weighted by atomic mass is 32.2. The summed E-state index contributed by atoms with van der Waals surface area (Å²) in [7, 11) is 1.60. The first-order chi connectivity index (χ1) is 10.7. The molecule has 0 saturated carbocycles. The van der Waals surface area contributed by atoms with Gasteiger partial charge in [-0.2, -0.15) is 0 Å². The number of amidine groups is 1. The molecule has 0 fully saturated rings. The zero-order chi connectivity index (χ0) is 15.5. The number of methoxy groups -OCH3 is 1. The van der Waals surface area contributed by atoms with Gasteiger partial charge < -0.3 is 10.5 Å². The highest BCUT2D eigenvalue weighted by Crippen LogP contribution is 2.38. The van der Waals surface area contributed by atoms with Crippen LogP contribution in [0.3, 0.4) is 0 Å². The number of Topliss-reactive ketones (excluding diaryl/α,β-unsaturated/α-hetero) is 1. The van der Waals surface area contributed by atoms with Gasteiger partial charge >= 0.3 is 0 Å². The van der Waals surface area contributed by atoms with Crippen molar-refractivity contribution in [2.45, 2.75) is 11.3 Å². The normalized spacial score (nSPS) is 20.5. The van der Waals surface area contributed by atoms with Crippen molar-refractivity contribution < 1.29 is 9.53 Å². The quantitative estimate of drug-likeness (QED) is 0.881. The number of aliphatic imine (C=N–C) groups is 1. The highest BCUT2D eigenvalue weighted by Gasteiger charge is 2.36. The van der Waals surface area contributed by atoms with Crippen LogP contribution in [0, 0.1) is 0 Å². The lowest BCUT2D eigenvalue weighted by atomic mass is 9.98. The van der Waals surface area contributed by atoms with Gasteiger partial charge in [-0.1, -0.05) is 42.1 Å². The van der Waals surface area contributed by atoms with Crippen molar-refractivity contribution in [1.82, 2.24) is 0 Å². The number of ketones is 1. The Hall–Kier alpha value is -2.27. The summed E-state index contributed by atoms with van der Waals surface area (Å²) in [5.41, 5.74) is 7.50. The molecule has 0 aromatic heterocycles. The van der Waals surface area contributed by atoms with E-state index in [0.717, 1.165) is 11.3 Å². The second-order valence-electron chi connectivity index (χ2n) is 4.95. The first-order valence-corrected chi connectivity index (χ1v) is 7.80. The van der Waals surface area contributed by atoms with Crippen molar-refractivity contribution in [3.8, 4) is 5.75 Å². The number of rotatable bonds is 4. The maximum atomic E-state index is 12.8. The molecular formula is C17H16N2O2S. The lowest BCUT2D eigenvalue weighted by Crippen LogP contribution is -2.22. The molecule has 4 nitrogen and oxygen atoms in total. The number of carbonyl (C=O) groups is 1. The third kappa shape index (κ3) is 2.85. The Morgan fingerprint density at radius 1 is 1.14 bits per heavy atom. The van der Waals surface area contributed by atoms with E-state index in [1.54, 1.807) is 31.4 Å². The molecule has 22 heavy (non-hydrogen) atoms. The number of ether oxygens (including phenoxy) is 1. The van der Waals surface area contributed by atoms with Crippen LogP contribution < -0.4 is 10.5 Å². The van der Waals surface area contributed by atoms with Crippen molar-refractivity contribution in [2.24, 2.45) is 10.7 Å². The molecule has 0 spiro atoms. The monoisotopic (exact) mass is 312 g/mol. The van der Waals surface area contributed by atoms with Gasteiger partial charge in [-0.25, -0.2) is 0 Å². The number of nitrogens with two attached hydrogens (primary N) is 1. The standard InChI is InChI=1S/C17H16N2O2S/c1-21-13-9-7-12(8-10-13)15(20)16-14(19-17(18)22-16)11-5-3-2-4-6-11/h2-10,14,16H,1H3,(H2,18,19)/t14-,16-/m0/s1. The van der Waals surface area contributed by atoms with Gasteiger partial charge in [0.25, 0.3) is 0 Å². The minimum absolute atomic E-state index is 0.0331. The zero-order valence-corrected chi connectivity index (χ0v) is 12.9. The van der Waals surface area contributed by atoms with Crippen LogP contribution >= 0.6 is 11.8 Å². The molecule has 0 radical (unpaired) electrons. The maximum Gasteiger partial charge on any atom is 0.178 e. The van der Waals surface area contributed by atoms with E-state index in [0.29, 0.717) is 10.7 Å². The number of benzene rings is 2. The van der Waals surface area contributed by atoms with E-state index < -0.39 is 0 Å². The topological polar surface area (TPSA) is 64.7 Å². The Bertz CT molecular complexity index is 698. The van der Waals surface area contributed by atoms with Gasteiger partial charge in [-0.15, -0.1) is 0 Å². The summed E-state index contributed by atoms with van der Waals surface area (Å²) >= 11 is 1.33. The molecule has 1 aliphatic rings. The summed E-state index contributed by atoms with van der Waals surface area (Å²) in [5, 5.41) is 0.136. The Morgan fingerprint density at radius 3 is 2.45 bits per heavy atom. The van der Waals surface area contributed by atoms with E-state index in [1.807, 2.05) is 30.3 Å². The van der Waals surface area contributed by atoms with Crippen LogP contribution in [0.4, 0.5) is 0 Å². The summed E-state index contributed by atoms with van der Waals surface area (Å²) < 4.78 is 5.12. The molecule has 1 heterocycles. The fraction of sp³-hybridized carbons (Fsp3) is 0.176. The molecule has 0 bridgehead atoms. The Labute approximate surface area is 133 Å². The van der Waals surface area contributed by atoms with Crippen LogP contribution in [0.2, 0.25) is 0 Å². The first kappa shape index (κ1) is 14.7. The smallest absolute Gasteiger partial charge is 0.178 e. The van der Waals surface area contributed by atoms with Crippen molar-refractivity contribution in [3.63, 3.8) is 0 Å². The molecule has 1 aliphatic heterocycles. The van der Waals surface area contributed by atoms with Crippen LogP contribution in [-0.4, -0.2) is 23.3 Å². The van der Waals surface area contributed by atoms with Crippen LogP contribution in [0.5, 0.6) is 5.75 Å². The van der Waals surface area contributed by atoms with E-state index in [4.69, 9.17) is 10.5 Å². The maximum absolute atomic E-state index is 12.8. The first-order valence-electron chi connectivity index (χ1n) is 6.92. The fourth-order valence-electron chi connectivity index (χ4n) is 2.45. The SMILES string of the molecule is COc1ccc(C(=O)[C@H]2SC(N)=N[C@H]2c2ccccc2)cc1. The molecule has 0 unspecified atom stereocenters. The van der Waals surface area contributed by atoms with E-state index in [1.165, 1.54) is 11.8 Å². The third-order valence-corrected chi connectivity index (χ3v) is 4.65. The van der Waals surface area contributed by atoms with Gasteiger partial charge in [0.05, 0.1) is 13.2 Å². The molecule has 2 aromatic carbocycles. The van der Waals surface area contributed by atoms with Gasteiger partial charge in [0.15, 0.2) is 11.0 Å². The van der Waals surface area contributed by atoms with Crippen LogP contribution in [-0.2, 0) is 0 Å². The summed E-state index contributed by atoms with van der Waals surface area (Å²) in [6.07, 6.45) is 0. The molecule has 112 valence electrons. The fourth-order valence-corrected chi connectivity index (χ4v) is 3.47. The average molecular weight is 312 g/mol. The lowest BCUT2D eigenvalue weighted by molar-refractivity contribution is 0.0983. The Kier molecular flexibility index (Phi) is 4.15. The van der Waals surface area contributed by atoms with E-state index >= 15 is 0 Å². The van der Waals surface area contributed by atoms with E-state index in [9.17, 15) is 4.79 Å². The molecule has 0 amide bonds. The van der Waals surface area contributed by atoms with Gasteiger partial charge in [0.2, 0.25) is 0 Å². The molecular weight excluding hydrogens is 296 g/mol. The summed E-state index contributed by atoms with van der Waals surface area (Å²) in [6.45, 7) is 0. The lowest BCUT2D eigenvalue weighted by Gasteiger charge is -2.16. The molecule has 0 aliphatic carbocycles. The summed E-state index contributed by atoms with van der Waals surface area (Å²) in [6, 6.07) is 16.7. The van der Waals surface area contributed by atoms with Crippen molar-refractivity contribution in [1.29, 1.82) is 0 Å². The largest absolute Gasteiger partial charge is 0.497 e. The number of hydrogen-bond acceptors (Lipinski definition) is 5. The molecule has 5 heteroatoms. The number of hydrogen-bond donors (Lipinski definition) is 1.